The van der Waals surface area contributed by atoms with Crippen LogP contribution < -0.4 is 10.9 Å². The molecule has 0 fully saturated rings. The fourth-order valence-electron chi connectivity index (χ4n) is 2.91. The minimum atomic E-state index is -0.345. The predicted octanol–water partition coefficient (Wildman–Crippen LogP) is 3.65. The molecule has 0 spiro atoms. The Kier molecular flexibility index (Phi) is 5.81. The first kappa shape index (κ1) is 19.7. The summed E-state index contributed by atoms with van der Waals surface area (Å²) in [4.78, 5) is 29.3. The molecule has 0 aliphatic rings. The molecule has 7 heteroatoms. The van der Waals surface area contributed by atoms with Gasteiger partial charge in [0.15, 0.2) is 0 Å². The first-order valence-corrected chi connectivity index (χ1v) is 10.4. The summed E-state index contributed by atoms with van der Waals surface area (Å²) >= 11 is 1.53. The van der Waals surface area contributed by atoms with Crippen molar-refractivity contribution in [1.82, 2.24) is 20.1 Å². The Morgan fingerprint density at radius 3 is 2.57 bits per heavy atom. The van der Waals surface area contributed by atoms with Crippen LogP contribution in [-0.2, 0) is 13.1 Å². The van der Waals surface area contributed by atoms with E-state index in [4.69, 9.17) is 0 Å². The molecule has 1 N–H and O–H groups in total. The highest BCUT2D eigenvalue weighted by Crippen LogP contribution is 2.23. The van der Waals surface area contributed by atoms with Crippen LogP contribution in [0.25, 0.3) is 10.6 Å². The number of thiazole rings is 1. The van der Waals surface area contributed by atoms with Crippen LogP contribution in [0.5, 0.6) is 0 Å². The number of nitrogens with one attached hydrogen (secondary N) is 1. The molecule has 0 aliphatic carbocycles. The second-order valence-electron chi connectivity index (χ2n) is 6.89. The van der Waals surface area contributed by atoms with Crippen molar-refractivity contribution in [2.24, 2.45) is 0 Å². The molecule has 2 aromatic carbocycles. The normalized spacial score (nSPS) is 10.7. The zero-order chi connectivity index (χ0) is 20.9. The highest BCUT2D eigenvalue weighted by Gasteiger charge is 2.11. The van der Waals surface area contributed by atoms with Crippen molar-refractivity contribution < 1.29 is 4.79 Å². The lowest BCUT2D eigenvalue weighted by Crippen LogP contribution is -2.29. The minimum absolute atomic E-state index is 0.195. The monoisotopic (exact) mass is 416 g/mol. The largest absolute Gasteiger partial charge is 0.345 e. The summed E-state index contributed by atoms with van der Waals surface area (Å²) in [6.07, 6.45) is 0. The lowest BCUT2D eigenvalue weighted by Gasteiger charge is -2.08. The van der Waals surface area contributed by atoms with Crippen molar-refractivity contribution >= 4 is 17.2 Å². The number of benzene rings is 2. The van der Waals surface area contributed by atoms with Crippen LogP contribution in [0.15, 0.2) is 76.9 Å². The summed E-state index contributed by atoms with van der Waals surface area (Å²) in [6, 6.07) is 20.6. The van der Waals surface area contributed by atoms with E-state index in [0.29, 0.717) is 13.1 Å². The smallest absolute Gasteiger partial charge is 0.272 e. The molecule has 4 rings (SSSR count). The number of carbonyl (C=O) groups excluding carboxylic acids is 1. The van der Waals surface area contributed by atoms with Gasteiger partial charge in [-0.05, 0) is 18.6 Å². The van der Waals surface area contributed by atoms with Crippen molar-refractivity contribution in [2.45, 2.75) is 20.0 Å². The van der Waals surface area contributed by atoms with Gasteiger partial charge in [-0.2, -0.15) is 5.10 Å². The molecule has 2 heterocycles. The predicted molar refractivity (Wildman–Crippen MR) is 117 cm³/mol. The third kappa shape index (κ3) is 4.69. The molecular formula is C23H20N4O2S. The van der Waals surface area contributed by atoms with E-state index in [0.717, 1.165) is 27.4 Å². The second kappa shape index (κ2) is 8.84. The number of aryl methyl sites for hydroxylation is 1. The SMILES string of the molecule is Cc1ccc(Cn2nc(C(=O)NCc3csc(-c4ccccc4)n3)ccc2=O)cc1. The number of rotatable bonds is 6. The molecule has 0 bridgehead atoms. The Hall–Kier alpha value is -3.58. The summed E-state index contributed by atoms with van der Waals surface area (Å²) in [5.74, 6) is -0.345. The molecular weight excluding hydrogens is 396 g/mol. The van der Waals surface area contributed by atoms with Crippen molar-refractivity contribution in [3.63, 3.8) is 0 Å². The Labute approximate surface area is 177 Å². The molecule has 0 saturated heterocycles. The maximum atomic E-state index is 12.5. The Morgan fingerprint density at radius 2 is 1.80 bits per heavy atom. The average molecular weight is 417 g/mol. The summed E-state index contributed by atoms with van der Waals surface area (Å²) in [5, 5.41) is 9.89. The van der Waals surface area contributed by atoms with Crippen molar-refractivity contribution in [2.75, 3.05) is 0 Å². The van der Waals surface area contributed by atoms with E-state index in [1.54, 1.807) is 0 Å². The van der Waals surface area contributed by atoms with Gasteiger partial charge in [-0.3, -0.25) is 9.59 Å². The first-order valence-electron chi connectivity index (χ1n) is 9.50. The molecule has 150 valence electrons. The van der Waals surface area contributed by atoms with E-state index in [-0.39, 0.29) is 17.2 Å². The average Bonchev–Trinajstić information content (AvgIpc) is 3.25. The van der Waals surface area contributed by atoms with Crippen LogP contribution in [0.3, 0.4) is 0 Å². The van der Waals surface area contributed by atoms with Crippen LogP contribution in [0.1, 0.15) is 27.3 Å². The van der Waals surface area contributed by atoms with E-state index >= 15 is 0 Å². The molecule has 0 radical (unpaired) electrons. The van der Waals surface area contributed by atoms with Gasteiger partial charge in [-0.25, -0.2) is 9.67 Å². The molecule has 0 aliphatic heterocycles. The number of hydrogen-bond donors (Lipinski definition) is 1. The topological polar surface area (TPSA) is 76.9 Å². The maximum Gasteiger partial charge on any atom is 0.272 e. The highest BCUT2D eigenvalue weighted by atomic mass is 32.1. The summed E-state index contributed by atoms with van der Waals surface area (Å²) in [5.41, 5.74) is 3.86. The van der Waals surface area contributed by atoms with Gasteiger partial charge in [0.25, 0.3) is 11.5 Å². The van der Waals surface area contributed by atoms with Crippen molar-refractivity contribution in [1.29, 1.82) is 0 Å². The molecule has 30 heavy (non-hydrogen) atoms. The molecule has 0 saturated carbocycles. The summed E-state index contributed by atoms with van der Waals surface area (Å²) in [6.45, 7) is 2.61. The van der Waals surface area contributed by atoms with Crippen LogP contribution >= 0.6 is 11.3 Å². The quantitative estimate of drug-likeness (QED) is 0.520. The standard InChI is InChI=1S/C23H20N4O2S/c1-16-7-9-17(10-8-16)14-27-21(28)12-11-20(26-27)22(29)24-13-19-15-30-23(25-19)18-5-3-2-4-6-18/h2-12,15H,13-14H2,1H3,(H,24,29). The van der Waals surface area contributed by atoms with Crippen LogP contribution in [0, 0.1) is 6.92 Å². The molecule has 0 atom stereocenters. The zero-order valence-electron chi connectivity index (χ0n) is 16.4. The fourth-order valence-corrected chi connectivity index (χ4v) is 3.74. The first-order chi connectivity index (χ1) is 14.6. The van der Waals surface area contributed by atoms with Gasteiger partial charge in [0, 0.05) is 17.0 Å². The third-order valence-electron chi connectivity index (χ3n) is 4.55. The molecule has 2 aromatic heterocycles. The zero-order valence-corrected chi connectivity index (χ0v) is 17.2. The highest BCUT2D eigenvalue weighted by molar-refractivity contribution is 7.13. The minimum Gasteiger partial charge on any atom is -0.345 e. The Balaban J connectivity index is 1.43. The van der Waals surface area contributed by atoms with Crippen LogP contribution in [-0.4, -0.2) is 20.7 Å². The lowest BCUT2D eigenvalue weighted by atomic mass is 10.1. The van der Waals surface area contributed by atoms with Gasteiger partial charge in [-0.1, -0.05) is 60.2 Å². The third-order valence-corrected chi connectivity index (χ3v) is 5.49. The number of hydrogen-bond acceptors (Lipinski definition) is 5. The van der Waals surface area contributed by atoms with Gasteiger partial charge in [0.2, 0.25) is 0 Å². The van der Waals surface area contributed by atoms with Gasteiger partial charge in [-0.15, -0.1) is 11.3 Å². The molecule has 6 nitrogen and oxygen atoms in total. The second-order valence-corrected chi connectivity index (χ2v) is 7.75. The number of carbonyl (C=O) groups is 1. The molecule has 4 aromatic rings. The van der Waals surface area contributed by atoms with Gasteiger partial charge in [0.1, 0.15) is 10.7 Å². The summed E-state index contributed by atoms with van der Waals surface area (Å²) < 4.78 is 1.30. The molecule has 0 unspecified atom stereocenters. The van der Waals surface area contributed by atoms with Crippen LogP contribution in [0.4, 0.5) is 0 Å². The van der Waals surface area contributed by atoms with Gasteiger partial charge >= 0.3 is 0 Å². The Bertz CT molecular complexity index is 1210. The van der Waals surface area contributed by atoms with Crippen molar-refractivity contribution in [3.8, 4) is 10.6 Å². The van der Waals surface area contributed by atoms with E-state index in [2.05, 4.69) is 15.4 Å². The van der Waals surface area contributed by atoms with E-state index in [1.165, 1.54) is 28.2 Å². The Morgan fingerprint density at radius 1 is 1.03 bits per heavy atom. The fraction of sp³-hybridized carbons (Fsp3) is 0.130. The number of nitrogens with zero attached hydrogens (tertiary/aromatic N) is 3. The van der Waals surface area contributed by atoms with E-state index < -0.39 is 0 Å². The number of amides is 1. The van der Waals surface area contributed by atoms with Gasteiger partial charge in [0.05, 0.1) is 18.8 Å². The van der Waals surface area contributed by atoms with E-state index in [9.17, 15) is 9.59 Å². The summed E-state index contributed by atoms with van der Waals surface area (Å²) in [7, 11) is 0. The van der Waals surface area contributed by atoms with Crippen molar-refractivity contribution in [3.05, 3.63) is 105 Å². The van der Waals surface area contributed by atoms with Gasteiger partial charge < -0.3 is 5.32 Å². The van der Waals surface area contributed by atoms with E-state index in [1.807, 2.05) is 66.9 Å². The lowest BCUT2D eigenvalue weighted by molar-refractivity contribution is 0.0943. The maximum absolute atomic E-state index is 12.5. The van der Waals surface area contributed by atoms with Crippen LogP contribution in [0.2, 0.25) is 0 Å². The number of aromatic nitrogens is 3. The molecule has 1 amide bonds.